The monoisotopic (exact) mass is 434 g/mol. The average Bonchev–Trinajstić information content (AvgIpc) is 3.08. The number of phenolic OH excluding ortho intramolecular Hbond substituents is 1. The van der Waals surface area contributed by atoms with Crippen molar-refractivity contribution in [2.24, 2.45) is 15.2 Å². The van der Waals surface area contributed by atoms with E-state index >= 15 is 0 Å². The number of azo groups is 1. The number of carbonyl (C=O) groups is 1. The Kier molecular flexibility index (Phi) is 5.92. The van der Waals surface area contributed by atoms with Crippen LogP contribution >= 0.6 is 23.4 Å². The number of para-hydroxylation sites is 1. The molecule has 1 amide bonds. The molecular weight excluding hydrogens is 420 g/mol. The van der Waals surface area contributed by atoms with E-state index in [1.807, 2.05) is 30.3 Å². The van der Waals surface area contributed by atoms with Crippen molar-refractivity contribution >= 4 is 57.6 Å². The highest BCUT2D eigenvalue weighted by Crippen LogP contribution is 2.32. The molecule has 2 N–H and O–H groups in total. The summed E-state index contributed by atoms with van der Waals surface area (Å²) in [6.07, 6.45) is 1.60. The Morgan fingerprint density at radius 1 is 0.900 bits per heavy atom. The van der Waals surface area contributed by atoms with Crippen molar-refractivity contribution in [3.05, 3.63) is 88.3 Å². The fraction of sp³-hybridized carbons (Fsp3) is 0. The molecule has 3 aromatic carbocycles. The van der Waals surface area contributed by atoms with Gasteiger partial charge < -0.3 is 10.4 Å². The molecule has 148 valence electrons. The third-order valence-corrected chi connectivity index (χ3v) is 5.17. The van der Waals surface area contributed by atoms with Crippen molar-refractivity contribution < 1.29 is 9.90 Å². The molecule has 0 aromatic heterocycles. The Labute approximate surface area is 182 Å². The maximum Gasteiger partial charge on any atom is 0.264 e. The van der Waals surface area contributed by atoms with E-state index in [2.05, 4.69) is 20.5 Å². The third kappa shape index (κ3) is 4.94. The molecule has 6 nitrogen and oxygen atoms in total. The molecular formula is C22H15ClN4O2S. The van der Waals surface area contributed by atoms with Crippen LogP contribution in [-0.2, 0) is 4.79 Å². The predicted octanol–water partition coefficient (Wildman–Crippen LogP) is 6.35. The van der Waals surface area contributed by atoms with Crippen molar-refractivity contribution in [2.75, 3.05) is 0 Å². The van der Waals surface area contributed by atoms with Crippen LogP contribution in [0.5, 0.6) is 5.75 Å². The SMILES string of the molecule is O=C1NC(=Nc2ccccc2)S/C1=C\c1cc(N=Nc2cccc(Cl)c2)ccc1O. The van der Waals surface area contributed by atoms with Crippen LogP contribution in [0.4, 0.5) is 17.1 Å². The molecule has 0 bridgehead atoms. The average molecular weight is 435 g/mol. The van der Waals surface area contributed by atoms with Gasteiger partial charge in [0, 0.05) is 10.6 Å². The second-order valence-electron chi connectivity index (χ2n) is 6.24. The first kappa shape index (κ1) is 19.9. The summed E-state index contributed by atoms with van der Waals surface area (Å²) in [6.45, 7) is 0. The lowest BCUT2D eigenvalue weighted by molar-refractivity contribution is -0.115. The number of hydrogen-bond donors (Lipinski definition) is 2. The van der Waals surface area contributed by atoms with E-state index in [0.29, 0.717) is 32.0 Å². The highest BCUT2D eigenvalue weighted by Gasteiger charge is 2.24. The highest BCUT2D eigenvalue weighted by molar-refractivity contribution is 8.18. The van der Waals surface area contributed by atoms with Gasteiger partial charge in [-0.3, -0.25) is 4.79 Å². The summed E-state index contributed by atoms with van der Waals surface area (Å²) in [6, 6.07) is 21.2. The van der Waals surface area contributed by atoms with Crippen LogP contribution in [0, 0.1) is 0 Å². The number of aliphatic imine (C=N–C) groups is 1. The number of hydrogen-bond acceptors (Lipinski definition) is 6. The molecule has 1 aliphatic heterocycles. The number of benzene rings is 3. The summed E-state index contributed by atoms with van der Waals surface area (Å²) in [5.41, 5.74) is 2.34. The van der Waals surface area contributed by atoms with Crippen LogP contribution in [0.2, 0.25) is 5.02 Å². The van der Waals surface area contributed by atoms with E-state index in [4.69, 9.17) is 11.6 Å². The minimum absolute atomic E-state index is 0.0334. The van der Waals surface area contributed by atoms with E-state index in [9.17, 15) is 9.90 Å². The van der Waals surface area contributed by atoms with Crippen molar-refractivity contribution in [1.29, 1.82) is 0 Å². The molecule has 8 heteroatoms. The second-order valence-corrected chi connectivity index (χ2v) is 7.71. The number of carbonyl (C=O) groups excluding carboxylic acids is 1. The zero-order valence-corrected chi connectivity index (χ0v) is 17.1. The van der Waals surface area contributed by atoms with Gasteiger partial charge in [0.1, 0.15) is 5.75 Å². The molecule has 0 aliphatic carbocycles. The Bertz CT molecular complexity index is 1190. The van der Waals surface area contributed by atoms with Gasteiger partial charge >= 0.3 is 0 Å². The quantitative estimate of drug-likeness (QED) is 0.370. The lowest BCUT2D eigenvalue weighted by atomic mass is 10.1. The molecule has 0 spiro atoms. The van der Waals surface area contributed by atoms with E-state index in [-0.39, 0.29) is 11.7 Å². The van der Waals surface area contributed by atoms with Crippen LogP contribution in [0.3, 0.4) is 0 Å². The standard InChI is InChI=1S/C22H15ClN4O2S/c23-15-5-4-8-17(13-15)26-27-18-9-10-19(28)14(11-18)12-20-21(29)25-22(30-20)24-16-6-2-1-3-7-16/h1-13,28H,(H,24,25,29)/b20-12-,27-26?. The Balaban J connectivity index is 1.56. The highest BCUT2D eigenvalue weighted by atomic mass is 35.5. The van der Waals surface area contributed by atoms with Crippen LogP contribution < -0.4 is 5.32 Å². The Hall–Kier alpha value is -3.42. The lowest BCUT2D eigenvalue weighted by Crippen LogP contribution is -2.19. The smallest absolute Gasteiger partial charge is 0.264 e. The van der Waals surface area contributed by atoms with Crippen molar-refractivity contribution in [1.82, 2.24) is 5.32 Å². The van der Waals surface area contributed by atoms with Crippen LogP contribution in [0.25, 0.3) is 6.08 Å². The van der Waals surface area contributed by atoms with Gasteiger partial charge in [0.05, 0.1) is 22.0 Å². The molecule has 0 saturated carbocycles. The van der Waals surface area contributed by atoms with E-state index in [1.165, 1.54) is 17.8 Å². The molecule has 4 rings (SSSR count). The van der Waals surface area contributed by atoms with Gasteiger partial charge in [0.15, 0.2) is 5.17 Å². The molecule has 0 atom stereocenters. The fourth-order valence-corrected chi connectivity index (χ4v) is 3.63. The number of rotatable bonds is 4. The number of nitrogens with one attached hydrogen (secondary N) is 1. The normalized spacial score (nSPS) is 16.5. The largest absolute Gasteiger partial charge is 0.507 e. The molecule has 3 aromatic rings. The minimum Gasteiger partial charge on any atom is -0.507 e. The molecule has 1 heterocycles. The van der Waals surface area contributed by atoms with Gasteiger partial charge in [-0.15, -0.1) is 0 Å². The second kappa shape index (κ2) is 8.94. The number of amidine groups is 1. The van der Waals surface area contributed by atoms with Gasteiger partial charge in [-0.1, -0.05) is 35.9 Å². The number of aromatic hydroxyl groups is 1. The zero-order valence-electron chi connectivity index (χ0n) is 15.5. The summed E-state index contributed by atoms with van der Waals surface area (Å²) in [4.78, 5) is 17.1. The fourth-order valence-electron chi connectivity index (χ4n) is 2.62. The van der Waals surface area contributed by atoms with Crippen molar-refractivity contribution in [2.45, 2.75) is 0 Å². The van der Waals surface area contributed by atoms with E-state index in [1.54, 1.807) is 42.5 Å². The van der Waals surface area contributed by atoms with Gasteiger partial charge in [-0.25, -0.2) is 4.99 Å². The summed E-state index contributed by atoms with van der Waals surface area (Å²) in [5, 5.41) is 22.3. The number of nitrogens with zero attached hydrogens (tertiary/aromatic N) is 3. The van der Waals surface area contributed by atoms with Gasteiger partial charge in [0.2, 0.25) is 0 Å². The Morgan fingerprint density at radius 2 is 1.63 bits per heavy atom. The maximum atomic E-state index is 12.3. The van der Waals surface area contributed by atoms with Crippen LogP contribution in [0.1, 0.15) is 5.56 Å². The third-order valence-electron chi connectivity index (χ3n) is 4.02. The summed E-state index contributed by atoms with van der Waals surface area (Å²) in [5.74, 6) is -0.244. The number of phenols is 1. The minimum atomic E-state index is -0.278. The molecule has 1 fully saturated rings. The molecule has 0 unspecified atom stereocenters. The van der Waals surface area contributed by atoms with E-state index < -0.39 is 0 Å². The summed E-state index contributed by atoms with van der Waals surface area (Å²) < 4.78 is 0. The van der Waals surface area contributed by atoms with Gasteiger partial charge in [-0.2, -0.15) is 10.2 Å². The first-order valence-electron chi connectivity index (χ1n) is 8.92. The Morgan fingerprint density at radius 3 is 2.40 bits per heavy atom. The summed E-state index contributed by atoms with van der Waals surface area (Å²) >= 11 is 7.16. The van der Waals surface area contributed by atoms with Gasteiger partial charge in [-0.05, 0) is 66.4 Å². The van der Waals surface area contributed by atoms with Crippen LogP contribution in [0.15, 0.2) is 92.9 Å². The van der Waals surface area contributed by atoms with Gasteiger partial charge in [0.25, 0.3) is 5.91 Å². The molecule has 0 radical (unpaired) electrons. The number of amides is 1. The van der Waals surface area contributed by atoms with E-state index in [0.717, 1.165) is 5.69 Å². The first-order valence-corrected chi connectivity index (χ1v) is 10.1. The number of halogens is 1. The van der Waals surface area contributed by atoms with Crippen LogP contribution in [-0.4, -0.2) is 16.2 Å². The first-order chi connectivity index (χ1) is 14.6. The zero-order chi connectivity index (χ0) is 20.9. The maximum absolute atomic E-state index is 12.3. The topological polar surface area (TPSA) is 86.4 Å². The summed E-state index contributed by atoms with van der Waals surface area (Å²) in [7, 11) is 0. The van der Waals surface area contributed by atoms with Crippen molar-refractivity contribution in [3.8, 4) is 5.75 Å². The molecule has 1 saturated heterocycles. The van der Waals surface area contributed by atoms with Crippen molar-refractivity contribution in [3.63, 3.8) is 0 Å². The number of thioether (sulfide) groups is 1. The molecule has 30 heavy (non-hydrogen) atoms. The predicted molar refractivity (Wildman–Crippen MR) is 121 cm³/mol. The molecule has 1 aliphatic rings. The lowest BCUT2D eigenvalue weighted by Gasteiger charge is -2.01.